The molecular formula is C21H22N2O4. The van der Waals surface area contributed by atoms with Gasteiger partial charge in [0.15, 0.2) is 5.76 Å². The Morgan fingerprint density at radius 3 is 2.63 bits per heavy atom. The van der Waals surface area contributed by atoms with Gasteiger partial charge < -0.3 is 19.8 Å². The Kier molecular flexibility index (Phi) is 5.57. The molecule has 0 radical (unpaired) electrons. The lowest BCUT2D eigenvalue weighted by molar-refractivity contribution is -0.119. The quantitative estimate of drug-likeness (QED) is 0.699. The molecule has 0 aliphatic heterocycles. The van der Waals surface area contributed by atoms with Crippen molar-refractivity contribution in [1.82, 2.24) is 5.32 Å². The summed E-state index contributed by atoms with van der Waals surface area (Å²) in [5.41, 5.74) is 4.08. The molecule has 0 bridgehead atoms. The lowest BCUT2D eigenvalue weighted by Crippen LogP contribution is -2.23. The van der Waals surface area contributed by atoms with Crippen LogP contribution in [0.2, 0.25) is 0 Å². The highest BCUT2D eigenvalue weighted by atomic mass is 16.5. The minimum absolute atomic E-state index is 0.00822. The van der Waals surface area contributed by atoms with E-state index < -0.39 is 0 Å². The second-order valence-corrected chi connectivity index (χ2v) is 6.37. The second kappa shape index (κ2) is 8.05. The van der Waals surface area contributed by atoms with Gasteiger partial charge in [0.2, 0.25) is 5.91 Å². The van der Waals surface area contributed by atoms with Crippen LogP contribution in [0.5, 0.6) is 0 Å². The largest absolute Gasteiger partial charge is 0.450 e. The summed E-state index contributed by atoms with van der Waals surface area (Å²) in [7, 11) is 1.47. The van der Waals surface area contributed by atoms with Crippen molar-refractivity contribution in [2.75, 3.05) is 19.0 Å². The molecule has 0 saturated heterocycles. The number of nitrogens with one attached hydrogen (secondary N) is 2. The van der Waals surface area contributed by atoms with E-state index in [1.165, 1.54) is 7.11 Å². The van der Waals surface area contributed by atoms with Gasteiger partial charge in [0.25, 0.3) is 5.91 Å². The minimum atomic E-state index is -0.267. The van der Waals surface area contributed by atoms with E-state index in [4.69, 9.17) is 9.15 Å². The van der Waals surface area contributed by atoms with E-state index in [0.717, 1.165) is 27.7 Å². The number of carbonyl (C=O) groups is 2. The maximum atomic E-state index is 12.6. The first-order valence-electron chi connectivity index (χ1n) is 8.64. The fourth-order valence-corrected chi connectivity index (χ4v) is 2.95. The maximum Gasteiger partial charge on any atom is 0.287 e. The molecule has 140 valence electrons. The highest BCUT2D eigenvalue weighted by Gasteiger charge is 2.18. The topological polar surface area (TPSA) is 80.6 Å². The molecular weight excluding hydrogens is 344 g/mol. The van der Waals surface area contributed by atoms with Crippen molar-refractivity contribution in [1.29, 1.82) is 0 Å². The van der Waals surface area contributed by atoms with Crippen LogP contribution in [0.1, 0.15) is 27.2 Å². The fraction of sp³-hybridized carbons (Fsp3) is 0.238. The summed E-state index contributed by atoms with van der Waals surface area (Å²) in [4.78, 5) is 24.2. The van der Waals surface area contributed by atoms with Crippen molar-refractivity contribution in [3.8, 4) is 0 Å². The SMILES string of the molecule is COCC(=O)Nc1cccc(CNC(=O)c2oc3c(C)cccc3c2C)c1. The van der Waals surface area contributed by atoms with Gasteiger partial charge in [-0.05, 0) is 37.1 Å². The third kappa shape index (κ3) is 4.17. The number of para-hydroxylation sites is 1. The first-order valence-corrected chi connectivity index (χ1v) is 8.64. The number of furan rings is 1. The van der Waals surface area contributed by atoms with Crippen LogP contribution < -0.4 is 10.6 Å². The monoisotopic (exact) mass is 366 g/mol. The number of hydrogen-bond donors (Lipinski definition) is 2. The number of amides is 2. The van der Waals surface area contributed by atoms with Gasteiger partial charge >= 0.3 is 0 Å². The molecule has 0 atom stereocenters. The van der Waals surface area contributed by atoms with Crippen LogP contribution in [0.3, 0.4) is 0 Å². The molecule has 3 rings (SSSR count). The molecule has 1 heterocycles. The number of hydrogen-bond acceptors (Lipinski definition) is 4. The number of rotatable bonds is 6. The third-order valence-corrected chi connectivity index (χ3v) is 4.31. The Labute approximate surface area is 157 Å². The van der Waals surface area contributed by atoms with Gasteiger partial charge in [0, 0.05) is 30.3 Å². The van der Waals surface area contributed by atoms with E-state index in [1.54, 1.807) is 6.07 Å². The lowest BCUT2D eigenvalue weighted by atomic mass is 10.1. The maximum absolute atomic E-state index is 12.6. The van der Waals surface area contributed by atoms with Crippen LogP contribution in [0.4, 0.5) is 5.69 Å². The van der Waals surface area contributed by atoms with E-state index in [0.29, 0.717) is 18.0 Å². The molecule has 1 aromatic heterocycles. The summed E-state index contributed by atoms with van der Waals surface area (Å²) < 4.78 is 10.6. The van der Waals surface area contributed by atoms with Gasteiger partial charge in [-0.25, -0.2) is 0 Å². The minimum Gasteiger partial charge on any atom is -0.450 e. The van der Waals surface area contributed by atoms with Crippen LogP contribution in [-0.2, 0) is 16.1 Å². The Morgan fingerprint density at radius 1 is 1.11 bits per heavy atom. The van der Waals surface area contributed by atoms with Crippen LogP contribution in [0.25, 0.3) is 11.0 Å². The van der Waals surface area contributed by atoms with Crippen molar-refractivity contribution in [2.45, 2.75) is 20.4 Å². The van der Waals surface area contributed by atoms with Gasteiger partial charge in [0.05, 0.1) is 0 Å². The van der Waals surface area contributed by atoms with Crippen molar-refractivity contribution in [2.24, 2.45) is 0 Å². The molecule has 0 aliphatic carbocycles. The van der Waals surface area contributed by atoms with Crippen LogP contribution in [0.15, 0.2) is 46.9 Å². The van der Waals surface area contributed by atoms with Crippen LogP contribution >= 0.6 is 0 Å². The highest BCUT2D eigenvalue weighted by molar-refractivity contribution is 5.99. The third-order valence-electron chi connectivity index (χ3n) is 4.31. The van der Waals surface area contributed by atoms with E-state index >= 15 is 0 Å². The summed E-state index contributed by atoms with van der Waals surface area (Å²) in [6.07, 6.45) is 0. The van der Waals surface area contributed by atoms with Gasteiger partial charge in [-0.1, -0.05) is 30.3 Å². The van der Waals surface area contributed by atoms with E-state index in [1.807, 2.05) is 50.2 Å². The number of ether oxygens (including phenoxy) is 1. The highest BCUT2D eigenvalue weighted by Crippen LogP contribution is 2.27. The Morgan fingerprint density at radius 2 is 1.89 bits per heavy atom. The first kappa shape index (κ1) is 18.7. The Balaban J connectivity index is 1.70. The summed E-state index contributed by atoms with van der Waals surface area (Å²) in [6.45, 7) is 4.15. The molecule has 2 amide bonds. The van der Waals surface area contributed by atoms with Gasteiger partial charge in [-0.3, -0.25) is 9.59 Å². The predicted octanol–water partition coefficient (Wildman–Crippen LogP) is 3.56. The fourth-order valence-electron chi connectivity index (χ4n) is 2.95. The first-order chi connectivity index (χ1) is 13.0. The molecule has 2 aromatic carbocycles. The zero-order chi connectivity index (χ0) is 19.4. The number of aryl methyl sites for hydroxylation is 2. The van der Waals surface area contributed by atoms with Gasteiger partial charge in [0.1, 0.15) is 12.2 Å². The van der Waals surface area contributed by atoms with Crippen molar-refractivity contribution in [3.05, 3.63) is 64.9 Å². The van der Waals surface area contributed by atoms with Crippen LogP contribution in [-0.4, -0.2) is 25.5 Å². The number of benzene rings is 2. The molecule has 6 nitrogen and oxygen atoms in total. The molecule has 0 fully saturated rings. The molecule has 0 spiro atoms. The lowest BCUT2D eigenvalue weighted by Gasteiger charge is -2.08. The smallest absolute Gasteiger partial charge is 0.287 e. The normalized spacial score (nSPS) is 10.8. The summed E-state index contributed by atoms with van der Waals surface area (Å²) in [5, 5.41) is 6.56. The van der Waals surface area contributed by atoms with E-state index in [-0.39, 0.29) is 18.4 Å². The number of methoxy groups -OCH3 is 1. The molecule has 6 heteroatoms. The van der Waals surface area contributed by atoms with Crippen molar-refractivity contribution < 1.29 is 18.7 Å². The molecule has 0 unspecified atom stereocenters. The van der Waals surface area contributed by atoms with Gasteiger partial charge in [-0.2, -0.15) is 0 Å². The van der Waals surface area contributed by atoms with Crippen molar-refractivity contribution >= 4 is 28.5 Å². The zero-order valence-corrected chi connectivity index (χ0v) is 15.6. The zero-order valence-electron chi connectivity index (χ0n) is 15.6. The molecule has 27 heavy (non-hydrogen) atoms. The number of fused-ring (bicyclic) bond motifs is 1. The molecule has 0 saturated carbocycles. The predicted molar refractivity (Wildman–Crippen MR) is 104 cm³/mol. The number of carbonyl (C=O) groups excluding carboxylic acids is 2. The standard InChI is InChI=1S/C21H22N2O4/c1-13-6-4-9-17-14(2)20(27-19(13)17)21(25)22-11-15-7-5-8-16(10-15)23-18(24)12-26-3/h4-10H,11-12H2,1-3H3,(H,22,25)(H,23,24). The van der Waals surface area contributed by atoms with Crippen LogP contribution in [0, 0.1) is 13.8 Å². The summed E-state index contributed by atoms with van der Waals surface area (Å²) in [6, 6.07) is 13.1. The number of anilines is 1. The average molecular weight is 366 g/mol. The molecule has 2 N–H and O–H groups in total. The van der Waals surface area contributed by atoms with E-state index in [9.17, 15) is 9.59 Å². The van der Waals surface area contributed by atoms with Crippen molar-refractivity contribution in [3.63, 3.8) is 0 Å². The molecule has 3 aromatic rings. The Bertz CT molecular complexity index is 991. The van der Waals surface area contributed by atoms with Gasteiger partial charge in [-0.15, -0.1) is 0 Å². The average Bonchev–Trinajstić information content (AvgIpc) is 2.99. The molecule has 0 aliphatic rings. The summed E-state index contributed by atoms with van der Waals surface area (Å²) >= 11 is 0. The van der Waals surface area contributed by atoms with E-state index in [2.05, 4.69) is 10.6 Å². The second-order valence-electron chi connectivity index (χ2n) is 6.37. The Hall–Kier alpha value is -3.12. The summed E-state index contributed by atoms with van der Waals surface area (Å²) in [5.74, 6) is -0.173.